The van der Waals surface area contributed by atoms with Crippen LogP contribution in [0.5, 0.6) is 0 Å². The molecule has 0 atom stereocenters. The lowest BCUT2D eigenvalue weighted by Gasteiger charge is -2.14. The molecule has 4 heteroatoms. The molecular weight excluding hydrogens is 264 g/mol. The number of hydrogen-bond acceptors (Lipinski definition) is 3. The van der Waals surface area contributed by atoms with Gasteiger partial charge in [0, 0.05) is 13.1 Å². The molecule has 0 aromatic heterocycles. The van der Waals surface area contributed by atoms with Crippen molar-refractivity contribution in [2.45, 2.75) is 19.6 Å². The van der Waals surface area contributed by atoms with Crippen LogP contribution in [0, 0.1) is 0 Å². The lowest BCUT2D eigenvalue weighted by molar-refractivity contribution is 0.0642. The van der Waals surface area contributed by atoms with Gasteiger partial charge in [0.1, 0.15) is 0 Å². The number of rotatable bonds is 2. The average Bonchev–Trinajstić information content (AvgIpc) is 3.06. The maximum Gasteiger partial charge on any atom is 0.261 e. The first-order valence-corrected chi connectivity index (χ1v) is 7.00. The second kappa shape index (κ2) is 4.53. The van der Waals surface area contributed by atoms with Gasteiger partial charge in [-0.25, -0.2) is 0 Å². The number of nitrogens with zero attached hydrogens (tertiary/aromatic N) is 1. The van der Waals surface area contributed by atoms with E-state index in [1.54, 1.807) is 24.3 Å². The molecule has 2 amide bonds. The molecule has 0 spiro atoms. The van der Waals surface area contributed by atoms with E-state index >= 15 is 0 Å². The first-order chi connectivity index (χ1) is 10.2. The summed E-state index contributed by atoms with van der Waals surface area (Å²) in [6, 6.07) is 13.1. The van der Waals surface area contributed by atoms with Crippen LogP contribution < -0.4 is 5.32 Å². The molecule has 2 heterocycles. The first kappa shape index (κ1) is 12.3. The van der Waals surface area contributed by atoms with Crippen molar-refractivity contribution < 1.29 is 9.59 Å². The Hall–Kier alpha value is -2.46. The van der Waals surface area contributed by atoms with Gasteiger partial charge in [-0.1, -0.05) is 30.3 Å². The van der Waals surface area contributed by atoms with E-state index in [0.717, 1.165) is 18.7 Å². The molecule has 0 saturated heterocycles. The van der Waals surface area contributed by atoms with Crippen LogP contribution in [0.1, 0.15) is 37.4 Å². The average molecular weight is 278 g/mol. The van der Waals surface area contributed by atoms with Crippen molar-refractivity contribution in [2.24, 2.45) is 0 Å². The lowest BCUT2D eigenvalue weighted by Crippen LogP contribution is -2.29. The van der Waals surface area contributed by atoms with Gasteiger partial charge >= 0.3 is 0 Å². The van der Waals surface area contributed by atoms with E-state index < -0.39 is 0 Å². The zero-order valence-corrected chi connectivity index (χ0v) is 11.4. The Balaban J connectivity index is 1.64. The van der Waals surface area contributed by atoms with Crippen LogP contribution in [-0.2, 0) is 19.6 Å². The molecule has 1 N–H and O–H groups in total. The number of benzene rings is 2. The summed E-state index contributed by atoms with van der Waals surface area (Å²) < 4.78 is 0. The highest BCUT2D eigenvalue weighted by Gasteiger charge is 2.35. The number of nitrogens with one attached hydrogen (secondary N) is 1. The van der Waals surface area contributed by atoms with E-state index in [2.05, 4.69) is 17.4 Å². The summed E-state index contributed by atoms with van der Waals surface area (Å²) in [6.45, 7) is 2.08. The van der Waals surface area contributed by atoms with Crippen LogP contribution in [0.25, 0.3) is 0 Å². The highest BCUT2D eigenvalue weighted by Crippen LogP contribution is 2.25. The molecule has 2 aliphatic heterocycles. The van der Waals surface area contributed by atoms with Gasteiger partial charge in [-0.15, -0.1) is 0 Å². The Bertz CT molecular complexity index is 732. The molecule has 4 nitrogen and oxygen atoms in total. The fourth-order valence-corrected chi connectivity index (χ4v) is 3.01. The van der Waals surface area contributed by atoms with Gasteiger partial charge in [0.2, 0.25) is 0 Å². The van der Waals surface area contributed by atoms with Crippen LogP contribution >= 0.6 is 0 Å². The quantitative estimate of drug-likeness (QED) is 0.856. The predicted octanol–water partition coefficient (Wildman–Crippen LogP) is 2.09. The molecule has 0 fully saturated rings. The van der Waals surface area contributed by atoms with Gasteiger partial charge in [-0.2, -0.15) is 0 Å². The second-order valence-corrected chi connectivity index (χ2v) is 5.45. The summed E-state index contributed by atoms with van der Waals surface area (Å²) in [4.78, 5) is 26.0. The Labute approximate surface area is 122 Å². The minimum absolute atomic E-state index is 0.200. The zero-order chi connectivity index (χ0) is 14.4. The number of imide groups is 1. The van der Waals surface area contributed by atoms with E-state index in [1.165, 1.54) is 16.0 Å². The summed E-state index contributed by atoms with van der Waals surface area (Å²) in [5.41, 5.74) is 4.55. The van der Waals surface area contributed by atoms with Gasteiger partial charge in [-0.05, 0) is 28.8 Å². The van der Waals surface area contributed by atoms with Crippen molar-refractivity contribution in [1.29, 1.82) is 0 Å². The monoisotopic (exact) mass is 278 g/mol. The van der Waals surface area contributed by atoms with Crippen molar-refractivity contribution >= 4 is 11.8 Å². The Morgan fingerprint density at radius 2 is 1.57 bits per heavy atom. The Morgan fingerprint density at radius 3 is 2.29 bits per heavy atom. The molecule has 4 rings (SSSR count). The van der Waals surface area contributed by atoms with E-state index in [4.69, 9.17) is 0 Å². The van der Waals surface area contributed by atoms with Crippen LogP contribution in [0.2, 0.25) is 0 Å². The topological polar surface area (TPSA) is 49.4 Å². The first-order valence-electron chi connectivity index (χ1n) is 7.00. The van der Waals surface area contributed by atoms with Crippen LogP contribution in [0.4, 0.5) is 0 Å². The van der Waals surface area contributed by atoms with E-state index in [9.17, 15) is 9.59 Å². The second-order valence-electron chi connectivity index (χ2n) is 5.45. The molecule has 0 saturated carbocycles. The van der Waals surface area contributed by atoms with Crippen LogP contribution in [0.3, 0.4) is 0 Å². The highest BCUT2D eigenvalue weighted by atomic mass is 16.2. The van der Waals surface area contributed by atoms with Gasteiger partial charge in [0.05, 0.1) is 17.7 Å². The minimum Gasteiger partial charge on any atom is -0.309 e. The number of carbonyl (C=O) groups is 2. The molecule has 2 aromatic carbocycles. The summed E-state index contributed by atoms with van der Waals surface area (Å²) in [5.74, 6) is -0.400. The SMILES string of the molecule is O=C1c2ccccc2C(=O)N1Cc1ccc2c(c1)CNC2. The Morgan fingerprint density at radius 1 is 0.905 bits per heavy atom. The van der Waals surface area contributed by atoms with Gasteiger partial charge < -0.3 is 5.32 Å². The van der Waals surface area contributed by atoms with Crippen LogP contribution in [-0.4, -0.2) is 16.7 Å². The minimum atomic E-state index is -0.200. The van der Waals surface area contributed by atoms with Gasteiger partial charge in [0.25, 0.3) is 11.8 Å². The third-order valence-corrected chi connectivity index (χ3v) is 4.12. The third-order valence-electron chi connectivity index (χ3n) is 4.12. The third kappa shape index (κ3) is 1.87. The summed E-state index contributed by atoms with van der Waals surface area (Å²) in [7, 11) is 0. The normalized spacial score (nSPS) is 16.3. The fraction of sp³-hybridized carbons (Fsp3) is 0.176. The standard InChI is InChI=1S/C17H14N2O2/c20-16-14-3-1-2-4-15(14)17(21)19(16)10-11-5-6-12-8-18-9-13(12)7-11/h1-7,18H,8-10H2. The Kier molecular flexibility index (Phi) is 2.65. The van der Waals surface area contributed by atoms with Crippen molar-refractivity contribution in [3.8, 4) is 0 Å². The fourth-order valence-electron chi connectivity index (χ4n) is 3.01. The summed E-state index contributed by atoms with van der Waals surface area (Å²) in [5, 5.41) is 3.29. The largest absolute Gasteiger partial charge is 0.309 e. The smallest absolute Gasteiger partial charge is 0.261 e. The van der Waals surface area contributed by atoms with Crippen molar-refractivity contribution in [3.05, 3.63) is 70.3 Å². The maximum atomic E-state index is 12.3. The molecule has 21 heavy (non-hydrogen) atoms. The molecule has 0 radical (unpaired) electrons. The number of hydrogen-bond donors (Lipinski definition) is 1. The molecule has 0 aliphatic carbocycles. The van der Waals surface area contributed by atoms with Crippen LogP contribution in [0.15, 0.2) is 42.5 Å². The number of amides is 2. The van der Waals surface area contributed by atoms with Gasteiger partial charge in [0.15, 0.2) is 0 Å². The highest BCUT2D eigenvalue weighted by molar-refractivity contribution is 6.21. The van der Waals surface area contributed by atoms with Crippen molar-refractivity contribution in [1.82, 2.24) is 10.2 Å². The molecule has 2 aromatic rings. The predicted molar refractivity (Wildman–Crippen MR) is 77.6 cm³/mol. The molecule has 0 bridgehead atoms. The van der Waals surface area contributed by atoms with Crippen molar-refractivity contribution in [3.63, 3.8) is 0 Å². The van der Waals surface area contributed by atoms with E-state index in [0.29, 0.717) is 17.7 Å². The van der Waals surface area contributed by atoms with E-state index in [1.807, 2.05) is 6.07 Å². The zero-order valence-electron chi connectivity index (χ0n) is 11.4. The summed E-state index contributed by atoms with van der Waals surface area (Å²) in [6.07, 6.45) is 0. The van der Waals surface area contributed by atoms with Gasteiger partial charge in [-0.3, -0.25) is 14.5 Å². The maximum absolute atomic E-state index is 12.3. The number of fused-ring (bicyclic) bond motifs is 2. The van der Waals surface area contributed by atoms with E-state index in [-0.39, 0.29) is 11.8 Å². The van der Waals surface area contributed by atoms with Crippen molar-refractivity contribution in [2.75, 3.05) is 0 Å². The molecular formula is C17H14N2O2. The lowest BCUT2D eigenvalue weighted by atomic mass is 10.1. The molecule has 2 aliphatic rings. The number of carbonyl (C=O) groups excluding carboxylic acids is 2. The molecule has 0 unspecified atom stereocenters. The summed E-state index contributed by atoms with van der Waals surface area (Å²) >= 11 is 0. The molecule has 104 valence electrons.